The Balaban J connectivity index is 2.29. The maximum Gasteiger partial charge on any atom is 0.307 e. The molecule has 1 aliphatic rings. The topological polar surface area (TPSA) is 58.6 Å². The van der Waals surface area contributed by atoms with Gasteiger partial charge in [0, 0.05) is 12.6 Å². The predicted molar refractivity (Wildman–Crippen MR) is 67.7 cm³/mol. The molecule has 0 aromatic carbocycles. The van der Waals surface area contributed by atoms with Gasteiger partial charge in [0.1, 0.15) is 0 Å². The van der Waals surface area contributed by atoms with E-state index >= 15 is 0 Å². The summed E-state index contributed by atoms with van der Waals surface area (Å²) >= 11 is 0. The largest absolute Gasteiger partial charge is 0.466 e. The number of esters is 1. The van der Waals surface area contributed by atoms with Crippen molar-refractivity contribution in [1.29, 1.82) is 0 Å². The molecule has 5 nitrogen and oxygen atoms in total. The van der Waals surface area contributed by atoms with Crippen LogP contribution in [0.1, 0.15) is 26.2 Å². The van der Waals surface area contributed by atoms with Crippen molar-refractivity contribution in [3.8, 4) is 12.3 Å². The fourth-order valence-corrected chi connectivity index (χ4v) is 1.69. The van der Waals surface area contributed by atoms with Crippen molar-refractivity contribution in [3.05, 3.63) is 0 Å². The normalized spacial score (nSPS) is 14.1. The summed E-state index contributed by atoms with van der Waals surface area (Å²) in [6.45, 7) is 3.28. The zero-order valence-electron chi connectivity index (χ0n) is 10.8. The van der Waals surface area contributed by atoms with Crippen molar-refractivity contribution in [3.63, 3.8) is 0 Å². The molecule has 18 heavy (non-hydrogen) atoms. The molecular weight excluding hydrogens is 232 g/mol. The van der Waals surface area contributed by atoms with Crippen LogP contribution in [0.3, 0.4) is 0 Å². The molecular formula is C13H20N2O3. The lowest BCUT2D eigenvalue weighted by molar-refractivity contribution is -0.143. The first-order valence-corrected chi connectivity index (χ1v) is 6.27. The van der Waals surface area contributed by atoms with E-state index in [9.17, 15) is 9.59 Å². The third-order valence-electron chi connectivity index (χ3n) is 2.71. The molecule has 100 valence electrons. The third-order valence-corrected chi connectivity index (χ3v) is 2.71. The standard InChI is InChI=1S/C13H20N2O3/c1-3-8-14-12(16)10-15(11-5-6-11)9-7-13(17)18-4-2/h1,11H,4-10H2,2H3,(H,14,16). The second-order valence-corrected chi connectivity index (χ2v) is 4.24. The maximum atomic E-state index is 11.6. The number of ether oxygens (including phenoxy) is 1. The molecule has 1 rings (SSSR count). The van der Waals surface area contributed by atoms with Gasteiger partial charge in [0.15, 0.2) is 0 Å². The van der Waals surface area contributed by atoms with Crippen molar-refractivity contribution < 1.29 is 14.3 Å². The number of carbonyl (C=O) groups is 2. The van der Waals surface area contributed by atoms with Crippen molar-refractivity contribution in [2.75, 3.05) is 26.2 Å². The third kappa shape index (κ3) is 5.69. The summed E-state index contributed by atoms with van der Waals surface area (Å²) < 4.78 is 4.87. The van der Waals surface area contributed by atoms with Crippen LogP contribution in [0.4, 0.5) is 0 Å². The Morgan fingerprint density at radius 3 is 2.78 bits per heavy atom. The molecule has 0 aromatic heterocycles. The van der Waals surface area contributed by atoms with Crippen LogP contribution in [0, 0.1) is 12.3 Å². The SMILES string of the molecule is C#CCNC(=O)CN(CCC(=O)OCC)C1CC1. The average Bonchev–Trinajstić information content (AvgIpc) is 3.16. The summed E-state index contributed by atoms with van der Waals surface area (Å²) in [5.41, 5.74) is 0. The summed E-state index contributed by atoms with van der Waals surface area (Å²) in [6, 6.07) is 0.427. The number of hydrogen-bond acceptors (Lipinski definition) is 4. The molecule has 0 aromatic rings. The fraction of sp³-hybridized carbons (Fsp3) is 0.692. The van der Waals surface area contributed by atoms with E-state index in [1.165, 1.54) is 0 Å². The molecule has 1 amide bonds. The lowest BCUT2D eigenvalue weighted by Gasteiger charge is -2.20. The first-order valence-electron chi connectivity index (χ1n) is 6.27. The number of carbonyl (C=O) groups excluding carboxylic acids is 2. The minimum Gasteiger partial charge on any atom is -0.466 e. The fourth-order valence-electron chi connectivity index (χ4n) is 1.69. The van der Waals surface area contributed by atoms with Crippen LogP contribution in [0.5, 0.6) is 0 Å². The monoisotopic (exact) mass is 252 g/mol. The minimum atomic E-state index is -0.216. The van der Waals surface area contributed by atoms with Gasteiger partial charge in [-0.1, -0.05) is 5.92 Å². The Morgan fingerprint density at radius 2 is 2.22 bits per heavy atom. The lowest BCUT2D eigenvalue weighted by Crippen LogP contribution is -2.39. The van der Waals surface area contributed by atoms with Gasteiger partial charge in [0.05, 0.1) is 26.1 Å². The molecule has 0 saturated heterocycles. The smallest absolute Gasteiger partial charge is 0.307 e. The van der Waals surface area contributed by atoms with E-state index in [1.54, 1.807) is 6.92 Å². The van der Waals surface area contributed by atoms with Gasteiger partial charge in [0.2, 0.25) is 5.91 Å². The van der Waals surface area contributed by atoms with Crippen LogP contribution >= 0.6 is 0 Å². The predicted octanol–water partition coefficient (Wildman–Crippen LogP) is 0.153. The van der Waals surface area contributed by atoms with Crippen LogP contribution in [0.25, 0.3) is 0 Å². The molecule has 0 atom stereocenters. The highest BCUT2D eigenvalue weighted by atomic mass is 16.5. The molecule has 1 aliphatic carbocycles. The van der Waals surface area contributed by atoms with E-state index in [-0.39, 0.29) is 18.4 Å². The van der Waals surface area contributed by atoms with Gasteiger partial charge in [-0.25, -0.2) is 0 Å². The first-order chi connectivity index (χ1) is 8.67. The molecule has 1 saturated carbocycles. The number of hydrogen-bond donors (Lipinski definition) is 1. The first kappa shape index (κ1) is 14.5. The van der Waals surface area contributed by atoms with Crippen molar-refractivity contribution >= 4 is 11.9 Å². The van der Waals surface area contributed by atoms with Crippen molar-refractivity contribution in [2.24, 2.45) is 0 Å². The maximum absolute atomic E-state index is 11.6. The second kappa shape index (κ2) is 7.72. The molecule has 0 spiro atoms. The van der Waals surface area contributed by atoms with E-state index in [0.717, 1.165) is 12.8 Å². The van der Waals surface area contributed by atoms with Gasteiger partial charge in [0.25, 0.3) is 0 Å². The summed E-state index contributed by atoms with van der Waals surface area (Å²) in [7, 11) is 0. The molecule has 0 radical (unpaired) electrons. The van der Waals surface area contributed by atoms with Gasteiger partial charge in [-0.2, -0.15) is 0 Å². The Labute approximate surface area is 108 Å². The molecule has 0 unspecified atom stereocenters. The van der Waals surface area contributed by atoms with Crippen molar-refractivity contribution in [2.45, 2.75) is 32.2 Å². The summed E-state index contributed by atoms with van der Waals surface area (Å²) in [5, 5.41) is 2.63. The highest BCUT2D eigenvalue weighted by Crippen LogP contribution is 2.26. The van der Waals surface area contributed by atoms with Crippen LogP contribution in [0.15, 0.2) is 0 Å². The molecule has 0 bridgehead atoms. The molecule has 1 N–H and O–H groups in total. The van der Waals surface area contributed by atoms with E-state index in [0.29, 0.717) is 32.2 Å². The van der Waals surface area contributed by atoms with E-state index in [2.05, 4.69) is 11.2 Å². The number of nitrogens with one attached hydrogen (secondary N) is 1. The lowest BCUT2D eigenvalue weighted by atomic mass is 10.3. The summed E-state index contributed by atoms with van der Waals surface area (Å²) in [4.78, 5) is 24.8. The Hall–Kier alpha value is -1.54. The van der Waals surface area contributed by atoms with Crippen molar-refractivity contribution in [1.82, 2.24) is 10.2 Å². The Kier molecular flexibility index (Phi) is 6.23. The molecule has 5 heteroatoms. The summed E-state index contributed by atoms with van der Waals surface area (Å²) in [6.07, 6.45) is 7.58. The quantitative estimate of drug-likeness (QED) is 0.493. The van der Waals surface area contributed by atoms with Gasteiger partial charge >= 0.3 is 5.97 Å². The molecule has 0 aliphatic heterocycles. The van der Waals surface area contributed by atoms with Crippen LogP contribution < -0.4 is 5.32 Å². The van der Waals surface area contributed by atoms with E-state index in [1.807, 2.05) is 4.90 Å². The number of amides is 1. The zero-order valence-corrected chi connectivity index (χ0v) is 10.8. The van der Waals surface area contributed by atoms with Gasteiger partial charge in [-0.15, -0.1) is 6.42 Å². The summed E-state index contributed by atoms with van der Waals surface area (Å²) in [5.74, 6) is 2.05. The zero-order chi connectivity index (χ0) is 13.4. The number of terminal acetylenes is 1. The van der Waals surface area contributed by atoms with E-state index < -0.39 is 0 Å². The number of rotatable bonds is 8. The number of nitrogens with zero attached hydrogens (tertiary/aromatic N) is 1. The van der Waals surface area contributed by atoms with Gasteiger partial charge in [-0.05, 0) is 19.8 Å². The second-order valence-electron chi connectivity index (χ2n) is 4.24. The van der Waals surface area contributed by atoms with Gasteiger partial charge < -0.3 is 10.1 Å². The Bertz CT molecular complexity index is 332. The highest BCUT2D eigenvalue weighted by Gasteiger charge is 2.30. The Morgan fingerprint density at radius 1 is 1.50 bits per heavy atom. The van der Waals surface area contributed by atoms with E-state index in [4.69, 9.17) is 11.2 Å². The molecule has 0 heterocycles. The highest BCUT2D eigenvalue weighted by molar-refractivity contribution is 5.78. The average molecular weight is 252 g/mol. The molecule has 1 fully saturated rings. The van der Waals surface area contributed by atoms with Crippen LogP contribution in [0.2, 0.25) is 0 Å². The minimum absolute atomic E-state index is 0.0938. The van der Waals surface area contributed by atoms with Crippen LogP contribution in [-0.4, -0.2) is 49.1 Å². The van der Waals surface area contributed by atoms with Gasteiger partial charge in [-0.3, -0.25) is 14.5 Å². The van der Waals surface area contributed by atoms with Crippen LogP contribution in [-0.2, 0) is 14.3 Å².